The lowest BCUT2D eigenvalue weighted by Crippen LogP contribution is -2.29. The fourth-order valence-electron chi connectivity index (χ4n) is 2.16. The van der Waals surface area contributed by atoms with Crippen molar-refractivity contribution in [2.24, 2.45) is 5.84 Å². The lowest BCUT2D eigenvalue weighted by molar-refractivity contribution is 0.550. The van der Waals surface area contributed by atoms with E-state index in [4.69, 9.17) is 5.84 Å². The van der Waals surface area contributed by atoms with E-state index in [1.54, 1.807) is 12.1 Å². The molecule has 0 saturated carbocycles. The number of rotatable bonds is 5. The Bertz CT molecular complexity index is 523. The van der Waals surface area contributed by atoms with Crippen LogP contribution < -0.4 is 11.3 Å². The minimum Gasteiger partial charge on any atom is -0.271 e. The molecule has 0 aliphatic heterocycles. The number of aryl methyl sites for hydroxylation is 1. The molecule has 0 amide bonds. The maximum atomic E-state index is 12.9. The third-order valence-electron chi connectivity index (χ3n) is 3.32. The molecule has 0 bridgehead atoms. The number of hydrogen-bond donors (Lipinski definition) is 2. The van der Waals surface area contributed by atoms with Crippen molar-refractivity contribution in [1.29, 1.82) is 0 Å². The van der Waals surface area contributed by atoms with E-state index in [0.717, 1.165) is 24.0 Å². The van der Waals surface area contributed by atoms with Crippen molar-refractivity contribution in [2.45, 2.75) is 25.8 Å². The molecule has 100 valence electrons. The van der Waals surface area contributed by atoms with Crippen molar-refractivity contribution in [3.8, 4) is 0 Å². The van der Waals surface area contributed by atoms with Gasteiger partial charge in [0, 0.05) is 6.04 Å². The van der Waals surface area contributed by atoms with Gasteiger partial charge in [-0.1, -0.05) is 43.3 Å². The fraction of sp³-hybridized carbons (Fsp3) is 0.250. The Morgan fingerprint density at radius 2 is 1.84 bits per heavy atom. The predicted molar refractivity (Wildman–Crippen MR) is 76.0 cm³/mol. The van der Waals surface area contributed by atoms with E-state index in [-0.39, 0.29) is 11.9 Å². The number of halogens is 1. The van der Waals surface area contributed by atoms with Crippen LogP contribution in [0, 0.1) is 5.82 Å². The zero-order valence-electron chi connectivity index (χ0n) is 11.1. The zero-order chi connectivity index (χ0) is 13.7. The van der Waals surface area contributed by atoms with Gasteiger partial charge in [0.05, 0.1) is 0 Å². The lowest BCUT2D eigenvalue weighted by Gasteiger charge is -2.17. The zero-order valence-corrected chi connectivity index (χ0v) is 11.1. The van der Waals surface area contributed by atoms with Gasteiger partial charge in [-0.25, -0.2) is 4.39 Å². The molecule has 0 saturated heterocycles. The van der Waals surface area contributed by atoms with E-state index < -0.39 is 0 Å². The standard InChI is InChI=1S/C16H19FN2/c1-2-12-4-3-5-14(10-12)16(19-18)11-13-6-8-15(17)9-7-13/h3-10,16,19H,2,11,18H2,1H3. The van der Waals surface area contributed by atoms with Gasteiger partial charge in [0.1, 0.15) is 5.82 Å². The molecule has 2 rings (SSSR count). The van der Waals surface area contributed by atoms with Crippen molar-refractivity contribution in [1.82, 2.24) is 5.43 Å². The van der Waals surface area contributed by atoms with Crippen LogP contribution in [0.25, 0.3) is 0 Å². The van der Waals surface area contributed by atoms with Crippen LogP contribution >= 0.6 is 0 Å². The molecule has 0 spiro atoms. The van der Waals surface area contributed by atoms with E-state index in [0.29, 0.717) is 0 Å². The van der Waals surface area contributed by atoms with Crippen LogP contribution in [0.5, 0.6) is 0 Å². The quantitative estimate of drug-likeness (QED) is 0.638. The average Bonchev–Trinajstić information content (AvgIpc) is 2.46. The number of hydrogen-bond acceptors (Lipinski definition) is 2. The Labute approximate surface area is 113 Å². The molecule has 0 aliphatic rings. The highest BCUT2D eigenvalue weighted by molar-refractivity contribution is 5.28. The first kappa shape index (κ1) is 13.7. The van der Waals surface area contributed by atoms with Crippen LogP contribution in [-0.4, -0.2) is 0 Å². The molecule has 1 unspecified atom stereocenters. The smallest absolute Gasteiger partial charge is 0.123 e. The van der Waals surface area contributed by atoms with Gasteiger partial charge in [-0.2, -0.15) is 0 Å². The molecule has 0 aromatic heterocycles. The molecule has 3 N–H and O–H groups in total. The minimum atomic E-state index is -0.214. The molecule has 2 aromatic rings. The molecule has 19 heavy (non-hydrogen) atoms. The molecule has 0 aliphatic carbocycles. The molecule has 0 heterocycles. The number of nitrogens with two attached hydrogens (primary N) is 1. The van der Waals surface area contributed by atoms with Gasteiger partial charge in [-0.15, -0.1) is 0 Å². The van der Waals surface area contributed by atoms with Gasteiger partial charge in [-0.3, -0.25) is 11.3 Å². The Balaban J connectivity index is 2.17. The summed E-state index contributed by atoms with van der Waals surface area (Å²) >= 11 is 0. The van der Waals surface area contributed by atoms with Gasteiger partial charge >= 0.3 is 0 Å². The van der Waals surface area contributed by atoms with Crippen LogP contribution in [-0.2, 0) is 12.8 Å². The van der Waals surface area contributed by atoms with E-state index in [2.05, 4.69) is 30.5 Å². The summed E-state index contributed by atoms with van der Waals surface area (Å²) in [5.41, 5.74) is 6.35. The maximum Gasteiger partial charge on any atom is 0.123 e. The van der Waals surface area contributed by atoms with Crippen LogP contribution in [0.1, 0.15) is 29.7 Å². The molecule has 0 radical (unpaired) electrons. The first-order valence-corrected chi connectivity index (χ1v) is 6.52. The highest BCUT2D eigenvalue weighted by Gasteiger charge is 2.11. The van der Waals surface area contributed by atoms with Crippen molar-refractivity contribution >= 4 is 0 Å². The second-order valence-corrected chi connectivity index (χ2v) is 4.65. The molecule has 0 fully saturated rings. The van der Waals surface area contributed by atoms with Gasteiger partial charge in [0.25, 0.3) is 0 Å². The highest BCUT2D eigenvalue weighted by atomic mass is 19.1. The molecule has 3 heteroatoms. The first-order valence-electron chi connectivity index (χ1n) is 6.52. The largest absolute Gasteiger partial charge is 0.271 e. The molecular formula is C16H19FN2. The van der Waals surface area contributed by atoms with Crippen molar-refractivity contribution in [3.63, 3.8) is 0 Å². The normalized spacial score (nSPS) is 12.4. The van der Waals surface area contributed by atoms with Crippen molar-refractivity contribution in [3.05, 3.63) is 71.0 Å². The Kier molecular flexibility index (Phi) is 4.66. The summed E-state index contributed by atoms with van der Waals surface area (Å²) < 4.78 is 12.9. The van der Waals surface area contributed by atoms with Crippen LogP contribution in [0.15, 0.2) is 48.5 Å². The summed E-state index contributed by atoms with van der Waals surface area (Å²) in [6.07, 6.45) is 1.74. The van der Waals surface area contributed by atoms with E-state index in [1.165, 1.54) is 17.7 Å². The van der Waals surface area contributed by atoms with Crippen LogP contribution in [0.2, 0.25) is 0 Å². The molecule has 1 atom stereocenters. The fourth-order valence-corrected chi connectivity index (χ4v) is 2.16. The number of nitrogens with one attached hydrogen (secondary N) is 1. The summed E-state index contributed by atoms with van der Waals surface area (Å²) in [4.78, 5) is 0. The monoisotopic (exact) mass is 258 g/mol. The van der Waals surface area contributed by atoms with E-state index in [9.17, 15) is 4.39 Å². The SMILES string of the molecule is CCc1cccc(C(Cc2ccc(F)cc2)NN)c1. The molecule has 2 nitrogen and oxygen atoms in total. The molecular weight excluding hydrogens is 239 g/mol. The predicted octanol–water partition coefficient (Wildman–Crippen LogP) is 3.14. The second-order valence-electron chi connectivity index (χ2n) is 4.65. The maximum absolute atomic E-state index is 12.9. The topological polar surface area (TPSA) is 38.0 Å². The van der Waals surface area contributed by atoms with Gasteiger partial charge < -0.3 is 0 Å². The van der Waals surface area contributed by atoms with Crippen LogP contribution in [0.3, 0.4) is 0 Å². The van der Waals surface area contributed by atoms with E-state index >= 15 is 0 Å². The van der Waals surface area contributed by atoms with Gasteiger partial charge in [-0.05, 0) is 41.7 Å². The third-order valence-corrected chi connectivity index (χ3v) is 3.32. The Morgan fingerprint density at radius 3 is 2.47 bits per heavy atom. The first-order chi connectivity index (χ1) is 9.22. The van der Waals surface area contributed by atoms with Crippen LogP contribution in [0.4, 0.5) is 4.39 Å². The van der Waals surface area contributed by atoms with Crippen molar-refractivity contribution < 1.29 is 4.39 Å². The van der Waals surface area contributed by atoms with Crippen molar-refractivity contribution in [2.75, 3.05) is 0 Å². The second kappa shape index (κ2) is 6.45. The molecule has 2 aromatic carbocycles. The highest BCUT2D eigenvalue weighted by Crippen LogP contribution is 2.19. The van der Waals surface area contributed by atoms with E-state index in [1.807, 2.05) is 6.07 Å². The van der Waals surface area contributed by atoms with Gasteiger partial charge in [0.2, 0.25) is 0 Å². The number of hydrazine groups is 1. The lowest BCUT2D eigenvalue weighted by atomic mass is 9.97. The summed E-state index contributed by atoms with van der Waals surface area (Å²) in [7, 11) is 0. The Hall–Kier alpha value is -1.71. The van der Waals surface area contributed by atoms with Gasteiger partial charge in [0.15, 0.2) is 0 Å². The summed E-state index contributed by atoms with van der Waals surface area (Å²) in [5, 5.41) is 0. The number of benzene rings is 2. The third kappa shape index (κ3) is 3.63. The average molecular weight is 258 g/mol. The minimum absolute atomic E-state index is 0.0389. The summed E-state index contributed by atoms with van der Waals surface area (Å²) in [6, 6.07) is 15.0. The summed E-state index contributed by atoms with van der Waals surface area (Å²) in [6.45, 7) is 2.13. The summed E-state index contributed by atoms with van der Waals surface area (Å²) in [5.74, 6) is 5.44. The Morgan fingerprint density at radius 1 is 1.11 bits per heavy atom.